The van der Waals surface area contributed by atoms with Crippen LogP contribution in [-0.2, 0) is 6.61 Å². The molecule has 1 aromatic heterocycles. The van der Waals surface area contributed by atoms with Gasteiger partial charge in [0, 0.05) is 11.1 Å². The summed E-state index contributed by atoms with van der Waals surface area (Å²) in [6.07, 6.45) is 0. The number of carbonyl (C=O) groups excluding carboxylic acids is 1. The minimum absolute atomic E-state index is 0.153. The maximum absolute atomic E-state index is 12.5. The average molecular weight is 410 g/mol. The molecule has 0 fully saturated rings. The largest absolute Gasteiger partial charge is 0.495 e. The zero-order valence-electron chi connectivity index (χ0n) is 16.4. The Bertz CT molecular complexity index is 1040. The van der Waals surface area contributed by atoms with E-state index in [2.05, 4.69) is 10.6 Å². The molecule has 7 heteroatoms. The molecular formula is C22H22N2O4S. The van der Waals surface area contributed by atoms with Crippen LogP contribution in [0, 0.1) is 13.8 Å². The summed E-state index contributed by atoms with van der Waals surface area (Å²) in [4.78, 5) is 12.5. The number of hydrogen-bond acceptors (Lipinski definition) is 5. The van der Waals surface area contributed by atoms with Crippen LogP contribution in [0.5, 0.6) is 5.75 Å². The lowest BCUT2D eigenvalue weighted by Gasteiger charge is -2.14. The van der Waals surface area contributed by atoms with E-state index < -0.39 is 0 Å². The van der Waals surface area contributed by atoms with Crippen molar-refractivity contribution in [3.05, 3.63) is 71.0 Å². The molecular weight excluding hydrogens is 388 g/mol. The fraction of sp³-hybridized carbons (Fsp3) is 0.182. The first-order chi connectivity index (χ1) is 13.9. The van der Waals surface area contributed by atoms with E-state index in [4.69, 9.17) is 21.4 Å². The molecule has 0 saturated heterocycles. The highest BCUT2D eigenvalue weighted by Crippen LogP contribution is 2.31. The number of amides is 1. The molecule has 0 aliphatic heterocycles. The number of anilines is 1. The molecule has 3 rings (SSSR count). The van der Waals surface area contributed by atoms with Crippen LogP contribution in [0.3, 0.4) is 0 Å². The number of furan rings is 1. The van der Waals surface area contributed by atoms with E-state index in [9.17, 15) is 9.90 Å². The summed E-state index contributed by atoms with van der Waals surface area (Å²) < 4.78 is 11.0. The van der Waals surface area contributed by atoms with Crippen molar-refractivity contribution in [2.75, 3.05) is 12.4 Å². The SMILES string of the molecule is COc1ccc(-c2ccc(CO)o2)cc1NC(=S)NC(=O)c1cc(C)cc(C)c1. The van der Waals surface area contributed by atoms with Crippen LogP contribution in [0.25, 0.3) is 11.3 Å². The molecule has 0 radical (unpaired) electrons. The van der Waals surface area contributed by atoms with Gasteiger partial charge in [-0.2, -0.15) is 0 Å². The monoisotopic (exact) mass is 410 g/mol. The van der Waals surface area contributed by atoms with Gasteiger partial charge < -0.3 is 19.6 Å². The number of ether oxygens (including phenoxy) is 1. The Kier molecular flexibility index (Phi) is 6.31. The van der Waals surface area contributed by atoms with Crippen molar-refractivity contribution in [3.63, 3.8) is 0 Å². The average Bonchev–Trinajstić information content (AvgIpc) is 3.16. The number of hydrogen-bond donors (Lipinski definition) is 3. The summed E-state index contributed by atoms with van der Waals surface area (Å²) in [6, 6.07) is 14.5. The number of benzene rings is 2. The van der Waals surface area contributed by atoms with Gasteiger partial charge in [-0.25, -0.2) is 0 Å². The molecule has 0 aliphatic carbocycles. The van der Waals surface area contributed by atoms with Gasteiger partial charge >= 0.3 is 0 Å². The van der Waals surface area contributed by atoms with Crippen LogP contribution in [-0.4, -0.2) is 23.2 Å². The fourth-order valence-electron chi connectivity index (χ4n) is 3.01. The van der Waals surface area contributed by atoms with Crippen molar-refractivity contribution in [1.82, 2.24) is 5.32 Å². The van der Waals surface area contributed by atoms with E-state index in [1.54, 1.807) is 31.4 Å². The number of aliphatic hydroxyl groups is 1. The minimum Gasteiger partial charge on any atom is -0.495 e. The quantitative estimate of drug-likeness (QED) is 0.547. The summed E-state index contributed by atoms with van der Waals surface area (Å²) in [5.41, 5.74) is 3.90. The van der Waals surface area contributed by atoms with Gasteiger partial charge in [0.2, 0.25) is 0 Å². The molecule has 0 aliphatic rings. The summed E-state index contributed by atoms with van der Waals surface area (Å²) in [5.74, 6) is 1.35. The zero-order chi connectivity index (χ0) is 21.0. The second-order valence-electron chi connectivity index (χ2n) is 6.62. The van der Waals surface area contributed by atoms with Crippen LogP contribution in [0.4, 0.5) is 5.69 Å². The van der Waals surface area contributed by atoms with Gasteiger partial charge in [0.25, 0.3) is 5.91 Å². The number of aliphatic hydroxyl groups excluding tert-OH is 1. The van der Waals surface area contributed by atoms with Crippen LogP contribution in [0.1, 0.15) is 27.2 Å². The lowest BCUT2D eigenvalue weighted by Crippen LogP contribution is -2.34. The van der Waals surface area contributed by atoms with Crippen LogP contribution >= 0.6 is 12.2 Å². The van der Waals surface area contributed by atoms with E-state index >= 15 is 0 Å². The van der Waals surface area contributed by atoms with E-state index in [0.29, 0.717) is 28.5 Å². The number of carbonyl (C=O) groups is 1. The molecule has 1 heterocycles. The van der Waals surface area contributed by atoms with Crippen molar-refractivity contribution in [3.8, 4) is 17.1 Å². The normalized spacial score (nSPS) is 10.5. The number of rotatable bonds is 5. The lowest BCUT2D eigenvalue weighted by atomic mass is 10.1. The maximum Gasteiger partial charge on any atom is 0.257 e. The van der Waals surface area contributed by atoms with Crippen molar-refractivity contribution in [1.29, 1.82) is 0 Å². The Labute approximate surface area is 174 Å². The number of thiocarbonyl (C=S) groups is 1. The summed E-state index contributed by atoms with van der Waals surface area (Å²) >= 11 is 5.31. The van der Waals surface area contributed by atoms with Gasteiger partial charge in [-0.1, -0.05) is 17.2 Å². The number of nitrogens with one attached hydrogen (secondary N) is 2. The Morgan fingerprint density at radius 2 is 1.83 bits per heavy atom. The molecule has 29 heavy (non-hydrogen) atoms. The van der Waals surface area contributed by atoms with Gasteiger partial charge in [0.05, 0.1) is 12.8 Å². The summed E-state index contributed by atoms with van der Waals surface area (Å²) in [7, 11) is 1.55. The first kappa shape index (κ1) is 20.6. The molecule has 3 N–H and O–H groups in total. The third kappa shape index (κ3) is 5.01. The molecule has 3 aromatic rings. The summed E-state index contributed by atoms with van der Waals surface area (Å²) in [5, 5.41) is 15.0. The highest BCUT2D eigenvalue weighted by atomic mass is 32.1. The Hall–Kier alpha value is -3.16. The molecule has 0 saturated carbocycles. The highest BCUT2D eigenvalue weighted by Gasteiger charge is 2.13. The van der Waals surface area contributed by atoms with Crippen molar-refractivity contribution in [2.45, 2.75) is 20.5 Å². The first-order valence-corrected chi connectivity index (χ1v) is 9.39. The van der Waals surface area contributed by atoms with Gasteiger partial charge in [0.1, 0.15) is 23.9 Å². The molecule has 150 valence electrons. The Morgan fingerprint density at radius 3 is 2.45 bits per heavy atom. The van der Waals surface area contributed by atoms with Crippen molar-refractivity contribution < 1.29 is 19.1 Å². The molecule has 6 nitrogen and oxygen atoms in total. The third-order valence-electron chi connectivity index (χ3n) is 4.26. The van der Waals surface area contributed by atoms with Gasteiger partial charge in [-0.3, -0.25) is 10.1 Å². The second-order valence-corrected chi connectivity index (χ2v) is 7.03. The van der Waals surface area contributed by atoms with Crippen LogP contribution in [0.15, 0.2) is 52.9 Å². The first-order valence-electron chi connectivity index (χ1n) is 8.98. The Balaban J connectivity index is 1.78. The van der Waals surface area contributed by atoms with E-state index in [0.717, 1.165) is 16.7 Å². The molecule has 0 bridgehead atoms. The van der Waals surface area contributed by atoms with Gasteiger partial charge in [0.15, 0.2) is 5.11 Å². The van der Waals surface area contributed by atoms with Crippen LogP contribution < -0.4 is 15.4 Å². The van der Waals surface area contributed by atoms with E-state index in [-0.39, 0.29) is 17.6 Å². The van der Waals surface area contributed by atoms with Crippen molar-refractivity contribution >= 4 is 28.9 Å². The highest BCUT2D eigenvalue weighted by molar-refractivity contribution is 7.80. The summed E-state index contributed by atoms with van der Waals surface area (Å²) in [6.45, 7) is 3.71. The minimum atomic E-state index is -0.289. The Morgan fingerprint density at radius 1 is 1.10 bits per heavy atom. The molecule has 2 aromatic carbocycles. The topological polar surface area (TPSA) is 83.7 Å². The standard InChI is InChI=1S/C22H22N2O4S/c1-13-8-14(2)10-16(9-13)21(26)24-22(29)23-18-11-15(4-6-20(18)27-3)19-7-5-17(12-25)28-19/h4-11,25H,12H2,1-3H3,(H2,23,24,26,29). The number of methoxy groups -OCH3 is 1. The predicted molar refractivity (Wildman–Crippen MR) is 116 cm³/mol. The van der Waals surface area contributed by atoms with E-state index in [1.165, 1.54) is 0 Å². The van der Waals surface area contributed by atoms with Crippen LogP contribution in [0.2, 0.25) is 0 Å². The zero-order valence-corrected chi connectivity index (χ0v) is 17.2. The van der Waals surface area contributed by atoms with E-state index in [1.807, 2.05) is 38.1 Å². The van der Waals surface area contributed by atoms with Gasteiger partial charge in [-0.15, -0.1) is 0 Å². The smallest absolute Gasteiger partial charge is 0.257 e. The van der Waals surface area contributed by atoms with Crippen molar-refractivity contribution in [2.24, 2.45) is 0 Å². The number of aryl methyl sites for hydroxylation is 2. The molecule has 1 amide bonds. The fourth-order valence-corrected chi connectivity index (χ4v) is 3.21. The third-order valence-corrected chi connectivity index (χ3v) is 4.46. The molecule has 0 atom stereocenters. The maximum atomic E-state index is 12.5. The molecule has 0 spiro atoms. The lowest BCUT2D eigenvalue weighted by molar-refractivity contribution is 0.0977. The second kappa shape index (κ2) is 8.89. The molecule has 0 unspecified atom stereocenters. The predicted octanol–water partition coefficient (Wildman–Crippen LogP) is 4.19. The van der Waals surface area contributed by atoms with Gasteiger partial charge in [-0.05, 0) is 68.5 Å².